The van der Waals surface area contributed by atoms with Crippen LogP contribution in [-0.2, 0) is 0 Å². The minimum atomic E-state index is -0.304. The molecule has 2 rings (SSSR count). The topological polar surface area (TPSA) is 33.0 Å². The van der Waals surface area contributed by atoms with Crippen LogP contribution in [0.25, 0.3) is 0 Å². The maximum Gasteiger partial charge on any atom is 0.127 e. The van der Waals surface area contributed by atoms with E-state index in [0.29, 0.717) is 0 Å². The molecule has 84 valence electrons. The molecule has 0 N–H and O–H groups in total. The molecule has 1 unspecified atom stereocenters. The molecule has 2 aromatic rings. The monoisotopic (exact) mass is 287 g/mol. The zero-order valence-corrected chi connectivity index (χ0v) is 10.6. The van der Waals surface area contributed by atoms with E-state index in [1.165, 1.54) is 0 Å². The van der Waals surface area contributed by atoms with Crippen LogP contribution in [0.1, 0.15) is 10.4 Å². The number of hydrogen-bond acceptors (Lipinski definition) is 2. The molecule has 0 amide bonds. The van der Waals surface area contributed by atoms with Crippen molar-refractivity contribution in [1.82, 2.24) is 0 Å². The van der Waals surface area contributed by atoms with Gasteiger partial charge in [0.15, 0.2) is 0 Å². The largest absolute Gasteiger partial charge is 0.457 e. The van der Waals surface area contributed by atoms with Gasteiger partial charge in [0.05, 0.1) is 6.07 Å². The van der Waals surface area contributed by atoms with Crippen molar-refractivity contribution in [2.75, 3.05) is 0 Å². The van der Waals surface area contributed by atoms with Crippen molar-refractivity contribution in [3.05, 3.63) is 60.2 Å². The highest BCUT2D eigenvalue weighted by Gasteiger charge is 2.06. The summed E-state index contributed by atoms with van der Waals surface area (Å²) in [6.45, 7) is 0. The summed E-state index contributed by atoms with van der Waals surface area (Å²) in [6, 6.07) is 19.2. The van der Waals surface area contributed by atoms with Gasteiger partial charge in [-0.25, -0.2) is 0 Å². The third-order valence-electron chi connectivity index (χ3n) is 2.24. The number of hydrogen-bond donors (Lipinski definition) is 0. The molecule has 3 heteroatoms. The van der Waals surface area contributed by atoms with E-state index in [1.54, 1.807) is 0 Å². The quantitative estimate of drug-likeness (QED) is 0.782. The Morgan fingerprint density at radius 2 is 1.71 bits per heavy atom. The van der Waals surface area contributed by atoms with Gasteiger partial charge in [0.25, 0.3) is 0 Å². The summed E-state index contributed by atoms with van der Waals surface area (Å²) in [5.41, 5.74) is 0.890. The molecule has 17 heavy (non-hydrogen) atoms. The summed E-state index contributed by atoms with van der Waals surface area (Å²) >= 11 is 3.29. The van der Waals surface area contributed by atoms with E-state index >= 15 is 0 Å². The summed E-state index contributed by atoms with van der Waals surface area (Å²) in [4.78, 5) is -0.304. The number of alkyl halides is 1. The first-order valence-electron chi connectivity index (χ1n) is 5.16. The molecule has 0 heterocycles. The molecular weight excluding hydrogens is 278 g/mol. The second-order valence-corrected chi connectivity index (χ2v) is 4.39. The zero-order valence-electron chi connectivity index (χ0n) is 9.01. The van der Waals surface area contributed by atoms with Crippen LogP contribution in [0.15, 0.2) is 54.6 Å². The van der Waals surface area contributed by atoms with Crippen LogP contribution in [0, 0.1) is 11.3 Å². The van der Waals surface area contributed by atoms with Crippen LogP contribution >= 0.6 is 15.9 Å². The summed E-state index contributed by atoms with van der Waals surface area (Å²) < 4.78 is 5.68. The van der Waals surface area contributed by atoms with Gasteiger partial charge in [0.1, 0.15) is 16.3 Å². The van der Waals surface area contributed by atoms with E-state index < -0.39 is 0 Å². The smallest absolute Gasteiger partial charge is 0.127 e. The average molecular weight is 288 g/mol. The number of nitriles is 1. The van der Waals surface area contributed by atoms with Crippen LogP contribution in [0.2, 0.25) is 0 Å². The van der Waals surface area contributed by atoms with Gasteiger partial charge in [-0.15, -0.1) is 0 Å². The number of ether oxygens (including phenoxy) is 1. The van der Waals surface area contributed by atoms with Gasteiger partial charge in [-0.3, -0.25) is 0 Å². The predicted molar refractivity (Wildman–Crippen MR) is 70.2 cm³/mol. The zero-order chi connectivity index (χ0) is 12.1. The number of para-hydroxylation sites is 1. The van der Waals surface area contributed by atoms with Crippen molar-refractivity contribution in [3.8, 4) is 17.6 Å². The number of nitrogens with zero attached hydrogens (tertiary/aromatic N) is 1. The fourth-order valence-electron chi connectivity index (χ4n) is 1.43. The number of halogens is 1. The Labute approximate surface area is 109 Å². The molecule has 0 spiro atoms. The van der Waals surface area contributed by atoms with Crippen molar-refractivity contribution in [2.45, 2.75) is 4.83 Å². The maximum atomic E-state index is 8.83. The maximum absolute atomic E-state index is 8.83. The minimum Gasteiger partial charge on any atom is -0.457 e. The minimum absolute atomic E-state index is 0.304. The molecule has 2 aromatic carbocycles. The van der Waals surface area contributed by atoms with Crippen LogP contribution < -0.4 is 4.74 Å². The van der Waals surface area contributed by atoms with Crippen molar-refractivity contribution in [3.63, 3.8) is 0 Å². The highest BCUT2D eigenvalue weighted by atomic mass is 79.9. The van der Waals surface area contributed by atoms with E-state index in [-0.39, 0.29) is 4.83 Å². The van der Waals surface area contributed by atoms with E-state index in [1.807, 2.05) is 54.6 Å². The molecule has 0 saturated heterocycles. The summed E-state index contributed by atoms with van der Waals surface area (Å²) in [5, 5.41) is 8.83. The molecule has 1 atom stereocenters. The fraction of sp³-hybridized carbons (Fsp3) is 0.0714. The second-order valence-electron chi connectivity index (χ2n) is 3.48. The van der Waals surface area contributed by atoms with E-state index in [0.717, 1.165) is 17.1 Å². The lowest BCUT2D eigenvalue weighted by Gasteiger charge is -2.07. The Morgan fingerprint density at radius 1 is 1.00 bits per heavy atom. The molecule has 0 aliphatic carbocycles. The molecule has 2 nitrogen and oxygen atoms in total. The third kappa shape index (κ3) is 3.08. The first-order chi connectivity index (χ1) is 8.29. The summed E-state index contributed by atoms with van der Waals surface area (Å²) in [7, 11) is 0. The van der Waals surface area contributed by atoms with Crippen molar-refractivity contribution in [1.29, 1.82) is 5.26 Å². The second kappa shape index (κ2) is 5.51. The molecule has 0 radical (unpaired) electrons. The van der Waals surface area contributed by atoms with E-state index in [2.05, 4.69) is 22.0 Å². The van der Waals surface area contributed by atoms with Gasteiger partial charge in [-0.05, 0) is 29.8 Å². The van der Waals surface area contributed by atoms with Crippen LogP contribution in [-0.4, -0.2) is 0 Å². The lowest BCUT2D eigenvalue weighted by Crippen LogP contribution is -1.88. The lowest BCUT2D eigenvalue weighted by molar-refractivity contribution is 0.482. The molecular formula is C14H10BrNO. The lowest BCUT2D eigenvalue weighted by atomic mass is 10.1. The Kier molecular flexibility index (Phi) is 3.79. The van der Waals surface area contributed by atoms with Gasteiger partial charge in [-0.2, -0.15) is 5.26 Å². The van der Waals surface area contributed by atoms with Crippen molar-refractivity contribution in [2.24, 2.45) is 0 Å². The highest BCUT2D eigenvalue weighted by Crippen LogP contribution is 2.27. The van der Waals surface area contributed by atoms with Crippen LogP contribution in [0.4, 0.5) is 0 Å². The fourth-order valence-corrected chi connectivity index (χ4v) is 1.72. The standard InChI is InChI=1S/C14H10BrNO/c15-14(10-16)11-5-4-8-13(9-11)17-12-6-2-1-3-7-12/h1-9,14H. The normalized spacial score (nSPS) is 11.5. The molecule has 0 aliphatic rings. The van der Waals surface area contributed by atoms with Crippen molar-refractivity contribution >= 4 is 15.9 Å². The SMILES string of the molecule is N#CC(Br)c1cccc(Oc2ccccc2)c1. The summed E-state index contributed by atoms with van der Waals surface area (Å²) in [5.74, 6) is 1.51. The molecule has 0 saturated carbocycles. The molecule has 0 aromatic heterocycles. The van der Waals surface area contributed by atoms with Gasteiger partial charge < -0.3 is 4.74 Å². The Morgan fingerprint density at radius 3 is 2.41 bits per heavy atom. The highest BCUT2D eigenvalue weighted by molar-refractivity contribution is 9.09. The first kappa shape index (κ1) is 11.7. The van der Waals surface area contributed by atoms with Gasteiger partial charge >= 0.3 is 0 Å². The molecule has 0 bridgehead atoms. The third-order valence-corrected chi connectivity index (χ3v) is 2.98. The van der Waals surface area contributed by atoms with Crippen LogP contribution in [0.5, 0.6) is 11.5 Å². The Hall–Kier alpha value is -1.79. The van der Waals surface area contributed by atoms with Gasteiger partial charge in [-0.1, -0.05) is 46.3 Å². The van der Waals surface area contributed by atoms with Gasteiger partial charge in [0, 0.05) is 0 Å². The number of rotatable bonds is 3. The molecule has 0 aliphatic heterocycles. The Bertz CT molecular complexity index is 533. The first-order valence-corrected chi connectivity index (χ1v) is 6.08. The number of benzene rings is 2. The van der Waals surface area contributed by atoms with Crippen LogP contribution in [0.3, 0.4) is 0 Å². The van der Waals surface area contributed by atoms with E-state index in [4.69, 9.17) is 10.00 Å². The van der Waals surface area contributed by atoms with Gasteiger partial charge in [0.2, 0.25) is 0 Å². The molecule has 0 fully saturated rings. The average Bonchev–Trinajstić information content (AvgIpc) is 2.39. The summed E-state index contributed by atoms with van der Waals surface area (Å²) in [6.07, 6.45) is 0. The predicted octanol–water partition coefficient (Wildman–Crippen LogP) is 4.44. The van der Waals surface area contributed by atoms with E-state index in [9.17, 15) is 0 Å². The van der Waals surface area contributed by atoms with Crippen molar-refractivity contribution < 1.29 is 4.74 Å². The Balaban J connectivity index is 2.20.